The van der Waals surface area contributed by atoms with E-state index >= 15 is 0 Å². The van der Waals surface area contributed by atoms with Gasteiger partial charge in [-0.25, -0.2) is 0 Å². The highest BCUT2D eigenvalue weighted by atomic mass is 35.5. The normalized spacial score (nSPS) is 16.5. The molecule has 3 aromatic rings. The zero-order valence-electron chi connectivity index (χ0n) is 14.5. The Bertz CT molecular complexity index is 1180. The molecule has 1 aromatic carbocycles. The lowest BCUT2D eigenvalue weighted by molar-refractivity contribution is -0.668. The maximum absolute atomic E-state index is 13.0. The Balaban J connectivity index is 1.95. The van der Waals surface area contributed by atoms with E-state index in [0.717, 1.165) is 29.8 Å². The number of thiazole rings is 2. The fourth-order valence-electron chi connectivity index (χ4n) is 2.88. The van der Waals surface area contributed by atoms with Gasteiger partial charge in [0, 0.05) is 23.5 Å². The van der Waals surface area contributed by atoms with Gasteiger partial charge in [-0.15, -0.1) is 11.3 Å². The van der Waals surface area contributed by atoms with Gasteiger partial charge in [0.25, 0.3) is 10.6 Å². The lowest BCUT2D eigenvalue weighted by Crippen LogP contribution is -2.34. The molecule has 1 aliphatic rings. The Labute approximate surface area is 168 Å². The summed E-state index contributed by atoms with van der Waals surface area (Å²) < 4.78 is 5.66. The number of fused-ring (bicyclic) bond motifs is 1. The molecule has 0 amide bonds. The Morgan fingerprint density at radius 2 is 2.15 bits per heavy atom. The van der Waals surface area contributed by atoms with Gasteiger partial charge < -0.3 is 4.90 Å². The zero-order valence-corrected chi connectivity index (χ0v) is 17.7. The second-order valence-electron chi connectivity index (χ2n) is 5.89. The molecule has 0 spiro atoms. The lowest BCUT2D eigenvalue weighted by Gasteiger charge is -2.12. The van der Waals surface area contributed by atoms with Gasteiger partial charge >= 0.3 is 0 Å². The molecule has 8 heteroatoms. The summed E-state index contributed by atoms with van der Waals surface area (Å²) in [5, 5.41) is 4.83. The van der Waals surface area contributed by atoms with Crippen LogP contribution in [-0.4, -0.2) is 11.6 Å². The molecule has 3 heterocycles. The number of anilines is 1. The molecule has 0 saturated heterocycles. The molecule has 0 saturated carbocycles. The molecule has 0 aliphatic carbocycles. The molecule has 4 nitrogen and oxygen atoms in total. The molecule has 0 bridgehead atoms. The summed E-state index contributed by atoms with van der Waals surface area (Å²) in [5.41, 5.74) is 1.11. The van der Waals surface area contributed by atoms with Crippen molar-refractivity contribution in [3.63, 3.8) is 0 Å². The van der Waals surface area contributed by atoms with E-state index in [4.69, 9.17) is 11.6 Å². The standard InChI is InChI=1S/C18H17ClN3OS3/c1-4-22-15(10-14-20(2)7-8-24-14)26-16(17(22)23)18-21(3)12-9-11(19)5-6-13(12)25-18/h5-10H,4H2,1-3H3/q+1. The third-order valence-corrected chi connectivity index (χ3v) is 7.91. The molecule has 134 valence electrons. The first-order chi connectivity index (χ1) is 12.5. The summed E-state index contributed by atoms with van der Waals surface area (Å²) in [6.07, 6.45) is 4.11. The van der Waals surface area contributed by atoms with Crippen molar-refractivity contribution in [2.75, 3.05) is 11.9 Å². The number of nitrogens with zero attached hydrogens (tertiary/aromatic N) is 3. The maximum atomic E-state index is 13.0. The van der Waals surface area contributed by atoms with Crippen molar-refractivity contribution in [3.8, 4) is 0 Å². The van der Waals surface area contributed by atoms with Gasteiger partial charge in [-0.05, 0) is 25.1 Å². The number of halogens is 1. The molecule has 26 heavy (non-hydrogen) atoms. The van der Waals surface area contributed by atoms with Crippen molar-refractivity contribution < 1.29 is 4.57 Å². The van der Waals surface area contributed by atoms with Crippen LogP contribution in [0.2, 0.25) is 5.02 Å². The number of hydrogen-bond acceptors (Lipinski definition) is 5. The van der Waals surface area contributed by atoms with Crippen LogP contribution >= 0.6 is 46.0 Å². The van der Waals surface area contributed by atoms with Crippen molar-refractivity contribution in [1.82, 2.24) is 4.57 Å². The molecule has 1 aliphatic heterocycles. The fraction of sp³-hybridized carbons (Fsp3) is 0.222. The Morgan fingerprint density at radius 3 is 2.85 bits per heavy atom. The van der Waals surface area contributed by atoms with Crippen molar-refractivity contribution in [3.05, 3.63) is 59.4 Å². The molecule has 0 radical (unpaired) electrons. The fourth-order valence-corrected chi connectivity index (χ4v) is 6.34. The molecule has 0 atom stereocenters. The SMILES string of the molecule is CCn1c(=Cc2scc[n+]2C)sc(=C2Sc3ccc(Cl)cc3N2C)c1=O. The molecule has 2 aromatic heterocycles. The third-order valence-electron chi connectivity index (χ3n) is 4.28. The number of aromatic nitrogens is 2. The predicted molar refractivity (Wildman–Crippen MR) is 112 cm³/mol. The second kappa shape index (κ2) is 6.88. The van der Waals surface area contributed by atoms with Crippen LogP contribution in [0.3, 0.4) is 0 Å². The summed E-state index contributed by atoms with van der Waals surface area (Å²) in [7, 11) is 4.00. The van der Waals surface area contributed by atoms with Crippen LogP contribution in [0.15, 0.2) is 39.5 Å². The van der Waals surface area contributed by atoms with Crippen molar-refractivity contribution in [1.29, 1.82) is 0 Å². The van der Waals surface area contributed by atoms with Crippen LogP contribution < -0.4 is 24.2 Å². The summed E-state index contributed by atoms with van der Waals surface area (Å²) in [6, 6.07) is 5.84. The van der Waals surface area contributed by atoms with Gasteiger partial charge in [0.1, 0.15) is 21.3 Å². The number of thioether (sulfide) groups is 1. The average Bonchev–Trinajstić information content (AvgIpc) is 3.26. The molecular formula is C18H17ClN3OS3+. The average molecular weight is 423 g/mol. The number of rotatable bonds is 2. The van der Waals surface area contributed by atoms with E-state index in [-0.39, 0.29) is 5.56 Å². The van der Waals surface area contributed by atoms with Gasteiger partial charge in [-0.3, -0.25) is 9.36 Å². The van der Waals surface area contributed by atoms with Crippen LogP contribution in [0.4, 0.5) is 5.69 Å². The van der Waals surface area contributed by atoms with Gasteiger partial charge in [-0.2, -0.15) is 4.57 Å². The number of hydrogen-bond donors (Lipinski definition) is 0. The highest BCUT2D eigenvalue weighted by molar-refractivity contribution is 8.08. The van der Waals surface area contributed by atoms with Gasteiger partial charge in [0.15, 0.2) is 6.20 Å². The topological polar surface area (TPSA) is 29.1 Å². The molecule has 0 N–H and O–H groups in total. The maximum Gasteiger partial charge on any atom is 0.271 e. The monoisotopic (exact) mass is 422 g/mol. The minimum atomic E-state index is 0.0659. The summed E-state index contributed by atoms with van der Waals surface area (Å²) in [6.45, 7) is 2.66. The zero-order chi connectivity index (χ0) is 18.4. The lowest BCUT2D eigenvalue weighted by atomic mass is 10.3. The highest BCUT2D eigenvalue weighted by Crippen LogP contribution is 2.46. The first-order valence-corrected chi connectivity index (χ1v) is 11.0. The van der Waals surface area contributed by atoms with E-state index in [1.54, 1.807) is 34.4 Å². The Hall–Kier alpha value is -1.54. The van der Waals surface area contributed by atoms with E-state index in [2.05, 4.69) is 15.5 Å². The van der Waals surface area contributed by atoms with E-state index < -0.39 is 0 Å². The van der Waals surface area contributed by atoms with Crippen LogP contribution in [-0.2, 0) is 13.6 Å². The van der Waals surface area contributed by atoms with Crippen molar-refractivity contribution in [2.45, 2.75) is 18.4 Å². The van der Waals surface area contributed by atoms with E-state index in [1.165, 1.54) is 0 Å². The first kappa shape index (κ1) is 17.9. The Kier molecular flexibility index (Phi) is 4.73. The van der Waals surface area contributed by atoms with Gasteiger partial charge in [0.05, 0.1) is 17.1 Å². The van der Waals surface area contributed by atoms with Crippen LogP contribution in [0.5, 0.6) is 0 Å². The molecular weight excluding hydrogens is 406 g/mol. The Morgan fingerprint density at radius 1 is 1.35 bits per heavy atom. The van der Waals surface area contributed by atoms with Crippen LogP contribution in [0.1, 0.15) is 11.9 Å². The highest BCUT2D eigenvalue weighted by Gasteiger charge is 2.25. The van der Waals surface area contributed by atoms with Crippen molar-refractivity contribution in [2.24, 2.45) is 7.05 Å². The van der Waals surface area contributed by atoms with E-state index in [1.807, 2.05) is 55.4 Å². The predicted octanol–water partition coefficient (Wildman–Crippen LogP) is 2.61. The van der Waals surface area contributed by atoms with Crippen LogP contribution in [0, 0.1) is 0 Å². The van der Waals surface area contributed by atoms with Crippen molar-refractivity contribution >= 4 is 62.8 Å². The van der Waals surface area contributed by atoms with Gasteiger partial charge in [0.2, 0.25) is 0 Å². The smallest absolute Gasteiger partial charge is 0.271 e. The molecule has 0 unspecified atom stereocenters. The minimum absolute atomic E-state index is 0.0659. The minimum Gasteiger partial charge on any atom is -0.337 e. The van der Waals surface area contributed by atoms with E-state index in [9.17, 15) is 4.79 Å². The summed E-state index contributed by atoms with van der Waals surface area (Å²) >= 11 is 11.0. The second-order valence-corrected chi connectivity index (χ2v) is 9.32. The number of aryl methyl sites for hydroxylation is 1. The third kappa shape index (κ3) is 2.93. The number of benzene rings is 1. The van der Waals surface area contributed by atoms with E-state index in [0.29, 0.717) is 11.6 Å². The molecule has 4 rings (SSSR count). The quantitative estimate of drug-likeness (QED) is 0.594. The van der Waals surface area contributed by atoms with Gasteiger partial charge in [-0.1, -0.05) is 34.7 Å². The first-order valence-electron chi connectivity index (χ1n) is 8.09. The largest absolute Gasteiger partial charge is 0.337 e. The van der Waals surface area contributed by atoms with Crippen LogP contribution in [0.25, 0.3) is 11.1 Å². The summed E-state index contributed by atoms with van der Waals surface area (Å²) in [4.78, 5) is 16.2. The summed E-state index contributed by atoms with van der Waals surface area (Å²) in [5.74, 6) is 0. The molecule has 0 fully saturated rings.